The summed E-state index contributed by atoms with van der Waals surface area (Å²) in [7, 11) is 0. The van der Waals surface area contributed by atoms with Gasteiger partial charge in [-0.15, -0.1) is 24.0 Å². The van der Waals surface area contributed by atoms with Crippen molar-refractivity contribution in [1.82, 2.24) is 5.32 Å². The van der Waals surface area contributed by atoms with E-state index in [0.717, 1.165) is 30.5 Å². The van der Waals surface area contributed by atoms with E-state index in [-0.39, 0.29) is 24.0 Å². The third kappa shape index (κ3) is 4.83. The molecule has 2 rings (SSSR count). The van der Waals surface area contributed by atoms with Crippen molar-refractivity contribution in [1.29, 1.82) is 0 Å². The molecule has 1 aliphatic heterocycles. The number of nitrogens with one attached hydrogen (secondary N) is 1. The van der Waals surface area contributed by atoms with Gasteiger partial charge in [0.15, 0.2) is 5.96 Å². The molecule has 4 nitrogen and oxygen atoms in total. The van der Waals surface area contributed by atoms with E-state index in [1.54, 1.807) is 0 Å². The van der Waals surface area contributed by atoms with E-state index in [1.807, 2.05) is 6.92 Å². The van der Waals surface area contributed by atoms with E-state index < -0.39 is 0 Å². The summed E-state index contributed by atoms with van der Waals surface area (Å²) in [5.74, 6) is 0.556. The molecular formula is C13H20BrIN4. The fourth-order valence-corrected chi connectivity index (χ4v) is 2.45. The summed E-state index contributed by atoms with van der Waals surface area (Å²) in [6.45, 7) is 4.74. The summed E-state index contributed by atoms with van der Waals surface area (Å²) in [5.41, 5.74) is 7.04. The predicted molar refractivity (Wildman–Crippen MR) is 95.5 cm³/mol. The smallest absolute Gasteiger partial charge is 0.188 e. The van der Waals surface area contributed by atoms with E-state index in [9.17, 15) is 0 Å². The van der Waals surface area contributed by atoms with Gasteiger partial charge in [0.1, 0.15) is 0 Å². The Balaban J connectivity index is 0.00000180. The zero-order chi connectivity index (χ0) is 13.0. The summed E-state index contributed by atoms with van der Waals surface area (Å²) in [4.78, 5) is 6.52. The molecule has 19 heavy (non-hydrogen) atoms. The van der Waals surface area contributed by atoms with Crippen LogP contribution in [0.3, 0.4) is 0 Å². The Bertz CT molecular complexity index is 421. The number of hydrogen-bond donors (Lipinski definition) is 2. The van der Waals surface area contributed by atoms with Crippen molar-refractivity contribution in [3.8, 4) is 0 Å². The van der Waals surface area contributed by atoms with Gasteiger partial charge in [-0.3, -0.25) is 4.99 Å². The second kappa shape index (κ2) is 7.94. The molecular weight excluding hydrogens is 419 g/mol. The molecule has 1 aromatic carbocycles. The van der Waals surface area contributed by atoms with Crippen molar-refractivity contribution >= 4 is 51.6 Å². The number of guanidine groups is 1. The minimum atomic E-state index is 0. The SMILES string of the molecule is CCN=C(N)NC1CCN(c2ccc(Br)cc2)C1.I. The summed E-state index contributed by atoms with van der Waals surface area (Å²) in [5, 5.41) is 3.27. The molecule has 0 amide bonds. The van der Waals surface area contributed by atoms with E-state index >= 15 is 0 Å². The van der Waals surface area contributed by atoms with Crippen LogP contribution in [0.2, 0.25) is 0 Å². The molecule has 3 N–H and O–H groups in total. The van der Waals surface area contributed by atoms with Crippen LogP contribution in [0, 0.1) is 0 Å². The third-order valence-electron chi connectivity index (χ3n) is 3.06. The Morgan fingerprint density at radius 3 is 2.79 bits per heavy atom. The van der Waals surface area contributed by atoms with Crippen molar-refractivity contribution in [2.75, 3.05) is 24.5 Å². The second-order valence-corrected chi connectivity index (χ2v) is 5.33. The highest BCUT2D eigenvalue weighted by molar-refractivity contribution is 14.0. The number of benzene rings is 1. The van der Waals surface area contributed by atoms with Crippen molar-refractivity contribution in [2.24, 2.45) is 10.7 Å². The van der Waals surface area contributed by atoms with Gasteiger partial charge in [-0.1, -0.05) is 15.9 Å². The summed E-state index contributed by atoms with van der Waals surface area (Å²) in [6.07, 6.45) is 1.09. The first-order valence-corrected chi connectivity index (χ1v) is 7.05. The zero-order valence-electron chi connectivity index (χ0n) is 11.0. The fourth-order valence-electron chi connectivity index (χ4n) is 2.19. The van der Waals surface area contributed by atoms with Gasteiger partial charge >= 0.3 is 0 Å². The highest BCUT2D eigenvalue weighted by atomic mass is 127. The van der Waals surface area contributed by atoms with E-state index in [4.69, 9.17) is 5.73 Å². The van der Waals surface area contributed by atoms with E-state index in [2.05, 4.69) is 55.4 Å². The van der Waals surface area contributed by atoms with Gasteiger partial charge in [0.25, 0.3) is 0 Å². The molecule has 1 unspecified atom stereocenters. The average molecular weight is 439 g/mol. The van der Waals surface area contributed by atoms with Crippen LogP contribution in [-0.2, 0) is 0 Å². The van der Waals surface area contributed by atoms with Gasteiger partial charge in [0.05, 0.1) is 0 Å². The molecule has 1 atom stereocenters. The Hall–Kier alpha value is -0.500. The van der Waals surface area contributed by atoms with Gasteiger partial charge < -0.3 is 16.0 Å². The first-order chi connectivity index (χ1) is 8.69. The van der Waals surface area contributed by atoms with Crippen LogP contribution in [-0.4, -0.2) is 31.6 Å². The molecule has 6 heteroatoms. The van der Waals surface area contributed by atoms with E-state index in [0.29, 0.717) is 12.0 Å². The van der Waals surface area contributed by atoms with Crippen LogP contribution in [0.1, 0.15) is 13.3 Å². The molecule has 106 valence electrons. The highest BCUT2D eigenvalue weighted by Crippen LogP contribution is 2.22. The maximum atomic E-state index is 5.78. The fraction of sp³-hybridized carbons (Fsp3) is 0.462. The third-order valence-corrected chi connectivity index (χ3v) is 3.59. The number of rotatable bonds is 3. The minimum absolute atomic E-state index is 0. The average Bonchev–Trinajstić information content (AvgIpc) is 2.78. The molecule has 1 heterocycles. The number of anilines is 1. The van der Waals surface area contributed by atoms with Crippen molar-refractivity contribution < 1.29 is 0 Å². The normalized spacial score (nSPS) is 19.2. The second-order valence-electron chi connectivity index (χ2n) is 4.41. The van der Waals surface area contributed by atoms with Crippen molar-refractivity contribution in [3.05, 3.63) is 28.7 Å². The van der Waals surface area contributed by atoms with Crippen LogP contribution in [0.4, 0.5) is 5.69 Å². The first kappa shape index (κ1) is 16.6. The Morgan fingerprint density at radius 1 is 1.47 bits per heavy atom. The van der Waals surface area contributed by atoms with Gasteiger partial charge in [-0.2, -0.15) is 0 Å². The van der Waals surface area contributed by atoms with Crippen molar-refractivity contribution in [3.63, 3.8) is 0 Å². The Labute approximate surface area is 140 Å². The van der Waals surface area contributed by atoms with Gasteiger partial charge in [-0.25, -0.2) is 0 Å². The van der Waals surface area contributed by atoms with Crippen LogP contribution < -0.4 is 16.0 Å². The molecule has 1 fully saturated rings. The number of nitrogens with zero attached hydrogens (tertiary/aromatic N) is 2. The predicted octanol–water partition coefficient (Wildman–Crippen LogP) is 2.57. The van der Waals surface area contributed by atoms with Gasteiger partial charge in [0.2, 0.25) is 0 Å². The molecule has 0 saturated carbocycles. The molecule has 0 spiro atoms. The van der Waals surface area contributed by atoms with E-state index in [1.165, 1.54) is 5.69 Å². The zero-order valence-corrected chi connectivity index (χ0v) is 14.9. The minimum Gasteiger partial charge on any atom is -0.370 e. The number of halogens is 2. The molecule has 1 aromatic rings. The topological polar surface area (TPSA) is 53.6 Å². The Morgan fingerprint density at radius 2 is 2.16 bits per heavy atom. The van der Waals surface area contributed by atoms with Crippen molar-refractivity contribution in [2.45, 2.75) is 19.4 Å². The maximum Gasteiger partial charge on any atom is 0.188 e. The summed E-state index contributed by atoms with van der Waals surface area (Å²) < 4.78 is 1.11. The monoisotopic (exact) mass is 438 g/mol. The highest BCUT2D eigenvalue weighted by Gasteiger charge is 2.22. The molecule has 0 radical (unpaired) electrons. The lowest BCUT2D eigenvalue weighted by Crippen LogP contribution is -2.41. The summed E-state index contributed by atoms with van der Waals surface area (Å²) in [6, 6.07) is 8.81. The standard InChI is InChI=1S/C13H19BrN4.HI/c1-2-16-13(15)17-11-7-8-18(9-11)12-5-3-10(14)4-6-12;/h3-6,11H,2,7-9H2,1H3,(H3,15,16,17);1H. The van der Waals surface area contributed by atoms with Gasteiger partial charge in [-0.05, 0) is 37.6 Å². The maximum absolute atomic E-state index is 5.78. The van der Waals surface area contributed by atoms with Gasteiger partial charge in [0, 0.05) is 35.8 Å². The van der Waals surface area contributed by atoms with Crippen LogP contribution in [0.15, 0.2) is 33.7 Å². The first-order valence-electron chi connectivity index (χ1n) is 6.26. The quantitative estimate of drug-likeness (QED) is 0.433. The van der Waals surface area contributed by atoms with Crippen LogP contribution in [0.5, 0.6) is 0 Å². The number of nitrogens with two attached hydrogens (primary N) is 1. The largest absolute Gasteiger partial charge is 0.370 e. The lowest BCUT2D eigenvalue weighted by molar-refractivity contribution is 0.664. The van der Waals surface area contributed by atoms with Crippen LogP contribution >= 0.6 is 39.9 Å². The number of aliphatic imine (C=N–C) groups is 1. The molecule has 1 aliphatic rings. The molecule has 1 saturated heterocycles. The molecule has 0 bridgehead atoms. The number of hydrogen-bond acceptors (Lipinski definition) is 2. The lowest BCUT2D eigenvalue weighted by atomic mass is 10.3. The Kier molecular flexibility index (Phi) is 6.92. The summed E-state index contributed by atoms with van der Waals surface area (Å²) >= 11 is 3.45. The molecule has 0 aliphatic carbocycles. The van der Waals surface area contributed by atoms with Crippen LogP contribution in [0.25, 0.3) is 0 Å². The lowest BCUT2D eigenvalue weighted by Gasteiger charge is -2.19. The molecule has 0 aromatic heterocycles.